The van der Waals surface area contributed by atoms with Crippen LogP contribution < -0.4 is 4.74 Å². The smallest absolute Gasteiger partial charge is 0.232 e. The summed E-state index contributed by atoms with van der Waals surface area (Å²) in [5.41, 5.74) is 0.450. The van der Waals surface area contributed by atoms with E-state index < -0.39 is 0 Å². The average molecular weight is 251 g/mol. The zero-order valence-electron chi connectivity index (χ0n) is 9.48. The number of ketones is 1. The molecule has 88 valence electrons. The third kappa shape index (κ3) is 2.17. The van der Waals surface area contributed by atoms with Gasteiger partial charge in [0.05, 0.1) is 12.7 Å². The highest BCUT2D eigenvalue weighted by molar-refractivity contribution is 6.31. The molecule has 2 rings (SSSR count). The fourth-order valence-corrected chi connectivity index (χ4v) is 1.72. The Kier molecular flexibility index (Phi) is 3.15. The second kappa shape index (κ2) is 4.59. The second-order valence-corrected chi connectivity index (χ2v) is 3.97. The molecule has 1 heterocycles. The van der Waals surface area contributed by atoms with E-state index in [9.17, 15) is 4.79 Å². The highest BCUT2D eigenvalue weighted by atomic mass is 35.5. The molecule has 0 bridgehead atoms. The third-order valence-corrected chi connectivity index (χ3v) is 2.67. The Hall–Kier alpha value is -1.81. The number of aromatic nitrogens is 2. The largest absolute Gasteiger partial charge is 0.496 e. The lowest BCUT2D eigenvalue weighted by molar-refractivity contribution is 0.102. The molecule has 2 aromatic rings. The van der Waals surface area contributed by atoms with Gasteiger partial charge in [-0.1, -0.05) is 11.6 Å². The number of benzene rings is 1. The van der Waals surface area contributed by atoms with Crippen LogP contribution in [-0.2, 0) is 7.05 Å². The molecule has 5 heteroatoms. The van der Waals surface area contributed by atoms with Crippen LogP contribution in [0.25, 0.3) is 0 Å². The number of carbonyl (C=O) groups excluding carboxylic acids is 1. The van der Waals surface area contributed by atoms with Crippen LogP contribution in [0.3, 0.4) is 0 Å². The number of hydrogen-bond acceptors (Lipinski definition) is 3. The zero-order chi connectivity index (χ0) is 12.4. The van der Waals surface area contributed by atoms with Crippen molar-refractivity contribution in [1.82, 2.24) is 9.55 Å². The van der Waals surface area contributed by atoms with Crippen LogP contribution in [0.2, 0.25) is 5.02 Å². The molecule has 0 aliphatic rings. The summed E-state index contributed by atoms with van der Waals surface area (Å²) >= 11 is 5.84. The minimum Gasteiger partial charge on any atom is -0.496 e. The van der Waals surface area contributed by atoms with Gasteiger partial charge in [-0.2, -0.15) is 0 Å². The van der Waals surface area contributed by atoms with Gasteiger partial charge in [0.2, 0.25) is 5.78 Å². The normalized spacial score (nSPS) is 10.3. The van der Waals surface area contributed by atoms with Gasteiger partial charge in [0.1, 0.15) is 5.75 Å². The topological polar surface area (TPSA) is 44.1 Å². The number of ether oxygens (including phenoxy) is 1. The molecule has 1 aromatic carbocycles. The van der Waals surface area contributed by atoms with E-state index in [1.807, 2.05) is 0 Å². The Morgan fingerprint density at radius 1 is 1.47 bits per heavy atom. The number of hydrogen-bond donors (Lipinski definition) is 0. The van der Waals surface area contributed by atoms with Gasteiger partial charge in [-0.15, -0.1) is 0 Å². The summed E-state index contributed by atoms with van der Waals surface area (Å²) in [6, 6.07) is 4.90. The first-order chi connectivity index (χ1) is 8.13. The van der Waals surface area contributed by atoms with Gasteiger partial charge in [-0.05, 0) is 18.2 Å². The molecule has 0 amide bonds. The molecule has 0 saturated carbocycles. The summed E-state index contributed by atoms with van der Waals surface area (Å²) in [6.45, 7) is 0. The molecular formula is C12H11ClN2O2. The van der Waals surface area contributed by atoms with Crippen LogP contribution in [0.15, 0.2) is 30.6 Å². The lowest BCUT2D eigenvalue weighted by Crippen LogP contribution is -2.10. The number of imidazole rings is 1. The van der Waals surface area contributed by atoms with E-state index in [1.54, 1.807) is 42.2 Å². The number of rotatable bonds is 3. The van der Waals surface area contributed by atoms with Crippen molar-refractivity contribution in [2.45, 2.75) is 0 Å². The van der Waals surface area contributed by atoms with Crippen LogP contribution in [0.1, 0.15) is 16.2 Å². The Morgan fingerprint density at radius 2 is 2.24 bits per heavy atom. The standard InChI is InChI=1S/C12H11ClN2O2/c1-15-6-5-14-12(15)11(16)9-4-3-8(13)7-10(9)17-2/h3-7H,1-2H3. The van der Waals surface area contributed by atoms with Crippen molar-refractivity contribution >= 4 is 17.4 Å². The fourth-order valence-electron chi connectivity index (χ4n) is 1.56. The Morgan fingerprint density at radius 3 is 2.82 bits per heavy atom. The van der Waals surface area contributed by atoms with Crippen molar-refractivity contribution in [2.24, 2.45) is 7.05 Å². The lowest BCUT2D eigenvalue weighted by Gasteiger charge is -2.07. The molecule has 0 fully saturated rings. The summed E-state index contributed by atoms with van der Waals surface area (Å²) < 4.78 is 6.81. The van der Waals surface area contributed by atoms with E-state index in [2.05, 4.69) is 4.98 Å². The second-order valence-electron chi connectivity index (χ2n) is 3.54. The first kappa shape index (κ1) is 11.7. The van der Waals surface area contributed by atoms with E-state index in [1.165, 1.54) is 7.11 Å². The van der Waals surface area contributed by atoms with Gasteiger partial charge in [-0.25, -0.2) is 4.98 Å². The van der Waals surface area contributed by atoms with Crippen molar-refractivity contribution in [1.29, 1.82) is 0 Å². The van der Waals surface area contributed by atoms with Crippen LogP contribution >= 0.6 is 11.6 Å². The molecule has 17 heavy (non-hydrogen) atoms. The summed E-state index contributed by atoms with van der Waals surface area (Å²) in [6.07, 6.45) is 3.30. The van der Waals surface area contributed by atoms with Gasteiger partial charge in [-0.3, -0.25) is 4.79 Å². The summed E-state index contributed by atoms with van der Waals surface area (Å²) in [5, 5.41) is 0.526. The monoisotopic (exact) mass is 250 g/mol. The minimum absolute atomic E-state index is 0.189. The zero-order valence-corrected chi connectivity index (χ0v) is 10.2. The third-order valence-electron chi connectivity index (χ3n) is 2.43. The molecule has 0 radical (unpaired) electrons. The van der Waals surface area contributed by atoms with Gasteiger partial charge in [0.25, 0.3) is 0 Å². The maximum absolute atomic E-state index is 12.2. The van der Waals surface area contributed by atoms with Crippen LogP contribution in [0.4, 0.5) is 0 Å². The Labute approximate surface area is 104 Å². The van der Waals surface area contributed by atoms with Crippen molar-refractivity contribution < 1.29 is 9.53 Å². The number of nitrogens with zero attached hydrogens (tertiary/aromatic N) is 2. The van der Waals surface area contributed by atoms with Crippen molar-refractivity contribution in [3.8, 4) is 5.75 Å². The van der Waals surface area contributed by atoms with E-state index >= 15 is 0 Å². The molecule has 0 saturated heterocycles. The van der Waals surface area contributed by atoms with Gasteiger partial charge < -0.3 is 9.30 Å². The maximum Gasteiger partial charge on any atom is 0.232 e. The van der Waals surface area contributed by atoms with Crippen LogP contribution in [0.5, 0.6) is 5.75 Å². The molecular weight excluding hydrogens is 240 g/mol. The molecule has 4 nitrogen and oxygen atoms in total. The van der Waals surface area contributed by atoms with Crippen molar-refractivity contribution in [3.63, 3.8) is 0 Å². The minimum atomic E-state index is -0.189. The number of aryl methyl sites for hydroxylation is 1. The average Bonchev–Trinajstić information content (AvgIpc) is 2.74. The molecule has 1 aromatic heterocycles. The van der Waals surface area contributed by atoms with Gasteiger partial charge >= 0.3 is 0 Å². The van der Waals surface area contributed by atoms with Crippen molar-refractivity contribution in [3.05, 3.63) is 47.0 Å². The SMILES string of the molecule is COc1cc(Cl)ccc1C(=O)c1nccn1C. The predicted molar refractivity (Wildman–Crippen MR) is 64.6 cm³/mol. The number of halogens is 1. The quantitative estimate of drug-likeness (QED) is 0.786. The van der Waals surface area contributed by atoms with Crippen LogP contribution in [0, 0.1) is 0 Å². The van der Waals surface area contributed by atoms with Gasteiger partial charge in [0.15, 0.2) is 5.82 Å². The van der Waals surface area contributed by atoms with Gasteiger partial charge in [0, 0.05) is 24.5 Å². The fraction of sp³-hybridized carbons (Fsp3) is 0.167. The molecule has 0 N–H and O–H groups in total. The molecule has 0 unspecified atom stereocenters. The Balaban J connectivity index is 2.48. The lowest BCUT2D eigenvalue weighted by atomic mass is 10.1. The first-order valence-corrected chi connectivity index (χ1v) is 5.37. The summed E-state index contributed by atoms with van der Waals surface area (Å²) in [5.74, 6) is 0.627. The van der Waals surface area contributed by atoms with Crippen LogP contribution in [-0.4, -0.2) is 22.4 Å². The number of carbonyl (C=O) groups is 1. The molecule has 0 aliphatic carbocycles. The van der Waals surface area contributed by atoms with E-state index in [4.69, 9.17) is 16.3 Å². The molecule has 0 spiro atoms. The van der Waals surface area contributed by atoms with E-state index in [-0.39, 0.29) is 5.78 Å². The predicted octanol–water partition coefficient (Wildman–Crippen LogP) is 2.31. The highest BCUT2D eigenvalue weighted by Gasteiger charge is 2.18. The van der Waals surface area contributed by atoms with E-state index in [0.29, 0.717) is 22.2 Å². The maximum atomic E-state index is 12.2. The number of methoxy groups -OCH3 is 1. The first-order valence-electron chi connectivity index (χ1n) is 4.99. The summed E-state index contributed by atoms with van der Waals surface area (Å²) in [7, 11) is 3.27. The van der Waals surface area contributed by atoms with Crippen molar-refractivity contribution in [2.75, 3.05) is 7.11 Å². The highest BCUT2D eigenvalue weighted by Crippen LogP contribution is 2.24. The molecule has 0 atom stereocenters. The Bertz CT molecular complexity index is 563. The van der Waals surface area contributed by atoms with E-state index in [0.717, 1.165) is 0 Å². The molecule has 0 aliphatic heterocycles. The summed E-state index contributed by atoms with van der Waals surface area (Å²) in [4.78, 5) is 16.2.